The van der Waals surface area contributed by atoms with E-state index in [0.29, 0.717) is 9.99 Å². The van der Waals surface area contributed by atoms with Gasteiger partial charge in [-0.3, -0.25) is 8.77 Å². The number of fused-ring (bicyclic) bond motifs is 1. The molecule has 0 N–H and O–H groups in total. The number of benzene rings is 2. The molecule has 3 rings (SSSR count). The van der Waals surface area contributed by atoms with E-state index in [2.05, 4.69) is 37.1 Å². The number of nitrogens with zero attached hydrogens (tertiary/aromatic N) is 1. The molecule has 24 heavy (non-hydrogen) atoms. The van der Waals surface area contributed by atoms with E-state index in [4.69, 9.17) is 4.74 Å². The van der Waals surface area contributed by atoms with Crippen LogP contribution in [-0.4, -0.2) is 9.76 Å². The Morgan fingerprint density at radius 3 is 2.67 bits per heavy atom. The number of ether oxygens (including phenoxy) is 1. The van der Waals surface area contributed by atoms with Gasteiger partial charge in [-0.05, 0) is 47.1 Å². The van der Waals surface area contributed by atoms with Gasteiger partial charge in [-0.1, -0.05) is 0 Å². The molecule has 0 fully saturated rings. The van der Waals surface area contributed by atoms with Gasteiger partial charge in [-0.15, -0.1) is 0 Å². The Kier molecular flexibility index (Phi) is 5.16. The second kappa shape index (κ2) is 7.01. The summed E-state index contributed by atoms with van der Waals surface area (Å²) in [6.45, 7) is 1.26. The van der Waals surface area contributed by atoms with Gasteiger partial charge in [0.2, 0.25) is 0 Å². The van der Waals surface area contributed by atoms with Crippen LogP contribution in [-0.2, 0) is 0 Å². The Labute approximate surface area is 161 Å². The number of hydrogen-bond acceptors (Lipinski definition) is 3. The van der Waals surface area contributed by atoms with Gasteiger partial charge in [0.15, 0.2) is 17.3 Å². The molecule has 0 saturated carbocycles. The minimum absolute atomic E-state index is 0.0141. The quantitative estimate of drug-likeness (QED) is 0.288. The van der Waals surface area contributed by atoms with Crippen LogP contribution in [0, 0.1) is 11.6 Å². The molecule has 0 aliphatic rings. The van der Waals surface area contributed by atoms with Crippen molar-refractivity contribution in [2.45, 2.75) is 6.92 Å². The molecule has 3 nitrogen and oxygen atoms in total. The molecule has 1 aromatic heterocycles. The number of carbonyl (C=O) groups is 1. The summed E-state index contributed by atoms with van der Waals surface area (Å²) >= 11 is 5.47. The zero-order valence-electron chi connectivity index (χ0n) is 12.1. The maximum absolute atomic E-state index is 14.5. The Hall–Kier alpha value is -1.13. The van der Waals surface area contributed by atoms with E-state index in [9.17, 15) is 13.6 Å². The van der Waals surface area contributed by atoms with E-state index < -0.39 is 17.4 Å². The van der Waals surface area contributed by atoms with Gasteiger partial charge in [-0.25, -0.2) is 8.78 Å². The molecule has 0 saturated heterocycles. The Morgan fingerprint density at radius 2 is 2.00 bits per heavy atom. The van der Waals surface area contributed by atoms with Crippen molar-refractivity contribution in [2.75, 3.05) is 0 Å². The number of aromatic nitrogens is 1. The lowest BCUT2D eigenvalue weighted by Crippen LogP contribution is -1.98. The zero-order chi connectivity index (χ0) is 17.4. The second-order valence-corrected chi connectivity index (χ2v) is 7.45. The smallest absolute Gasteiger partial charge is 0.177 e. The molecule has 0 unspecified atom stereocenters. The van der Waals surface area contributed by atoms with Crippen LogP contribution in [0.5, 0.6) is 11.5 Å². The van der Waals surface area contributed by atoms with Crippen molar-refractivity contribution in [3.63, 3.8) is 0 Å². The van der Waals surface area contributed by atoms with E-state index in [0.717, 1.165) is 11.5 Å². The van der Waals surface area contributed by atoms with Gasteiger partial charge < -0.3 is 4.74 Å². The van der Waals surface area contributed by atoms with Crippen molar-refractivity contribution in [2.24, 2.45) is 0 Å². The predicted octanol–water partition coefficient (Wildman–Crippen LogP) is 6.52. The largest absolute Gasteiger partial charge is 0.453 e. The van der Waals surface area contributed by atoms with Crippen molar-refractivity contribution in [1.29, 1.82) is 0 Å². The number of rotatable bonds is 4. The van der Waals surface area contributed by atoms with Crippen LogP contribution in [0.15, 0.2) is 41.0 Å². The number of Topliss-reactive ketones (excluding diaryl/α,β-unsaturated/α-hetero) is 1. The second-order valence-electron chi connectivity index (χ2n) is 4.94. The third-order valence-electron chi connectivity index (χ3n) is 3.42. The van der Waals surface area contributed by atoms with Crippen LogP contribution >= 0.6 is 46.3 Å². The molecule has 0 bridgehead atoms. The molecule has 3 aromatic rings. The highest BCUT2D eigenvalue weighted by Gasteiger charge is 2.18. The third-order valence-corrected chi connectivity index (χ3v) is 5.95. The molecule has 124 valence electrons. The Bertz CT molecular complexity index is 961. The first kappa shape index (κ1) is 17.7. The van der Waals surface area contributed by atoms with E-state index in [1.807, 2.05) is 16.2 Å². The number of carbonyl (C=O) groups excluding carboxylic acids is 1. The van der Waals surface area contributed by atoms with Gasteiger partial charge in [-0.2, -0.15) is 0 Å². The molecule has 1 heterocycles. The molecular weight excluding hydrogens is 515 g/mol. The van der Waals surface area contributed by atoms with Crippen LogP contribution in [0.25, 0.3) is 10.9 Å². The fourth-order valence-corrected chi connectivity index (χ4v) is 4.24. The molecule has 2 aromatic carbocycles. The first-order chi connectivity index (χ1) is 11.4. The Balaban J connectivity index is 2.07. The number of halogens is 4. The summed E-state index contributed by atoms with van der Waals surface area (Å²) in [5, 5.41) is 0.782. The van der Waals surface area contributed by atoms with Gasteiger partial charge in [0.1, 0.15) is 11.6 Å². The Morgan fingerprint density at radius 1 is 1.25 bits per heavy atom. The van der Waals surface area contributed by atoms with Gasteiger partial charge in [0.25, 0.3) is 0 Å². The van der Waals surface area contributed by atoms with Gasteiger partial charge in [0, 0.05) is 48.0 Å². The molecule has 8 heteroatoms. The molecule has 0 atom stereocenters. The standard InChI is InChI=1S/C16H9BrF2INO2S/c1-8(22)11-6-9(2-3-12(11)18)23-16-13(19)7-14-10(15(16)17)4-5-21(14)24-20/h2-7H,1H3. The van der Waals surface area contributed by atoms with Crippen molar-refractivity contribution < 1.29 is 18.3 Å². The van der Waals surface area contributed by atoms with Crippen LogP contribution in [0.2, 0.25) is 0 Å². The lowest BCUT2D eigenvalue weighted by molar-refractivity contribution is 0.101. The maximum atomic E-state index is 14.5. The van der Waals surface area contributed by atoms with E-state index >= 15 is 0 Å². The highest BCUT2D eigenvalue weighted by atomic mass is 127. The molecule has 0 aliphatic carbocycles. The van der Waals surface area contributed by atoms with Crippen molar-refractivity contribution >= 4 is 62.9 Å². The third kappa shape index (κ3) is 3.18. The lowest BCUT2D eigenvalue weighted by atomic mass is 10.1. The minimum atomic E-state index is -0.638. The van der Waals surface area contributed by atoms with Gasteiger partial charge >= 0.3 is 0 Å². The number of hydrogen-bond donors (Lipinski definition) is 0. The minimum Gasteiger partial charge on any atom is -0.453 e. The lowest BCUT2D eigenvalue weighted by Gasteiger charge is -2.11. The van der Waals surface area contributed by atoms with Crippen molar-refractivity contribution in [1.82, 2.24) is 3.97 Å². The summed E-state index contributed by atoms with van der Waals surface area (Å²) in [6.07, 6.45) is 1.82. The van der Waals surface area contributed by atoms with Crippen LogP contribution < -0.4 is 4.74 Å². The predicted molar refractivity (Wildman–Crippen MR) is 103 cm³/mol. The zero-order valence-corrected chi connectivity index (χ0v) is 16.7. The molecule has 0 amide bonds. The molecule has 0 spiro atoms. The van der Waals surface area contributed by atoms with Crippen LogP contribution in [0.1, 0.15) is 17.3 Å². The normalized spacial score (nSPS) is 11.0. The highest BCUT2D eigenvalue weighted by molar-refractivity contribution is 14.2. The first-order valence-electron chi connectivity index (χ1n) is 6.69. The van der Waals surface area contributed by atoms with E-state index in [1.54, 1.807) is 0 Å². The summed E-state index contributed by atoms with van der Waals surface area (Å²) in [6, 6.07) is 6.95. The SMILES string of the molecule is CC(=O)c1cc(Oc2c(F)cc3c(ccn3SI)c2Br)ccc1F. The number of ketones is 1. The fraction of sp³-hybridized carbons (Fsp3) is 0.0625. The fourth-order valence-electron chi connectivity index (χ4n) is 2.28. The van der Waals surface area contributed by atoms with Gasteiger partial charge in [0.05, 0.1) is 15.6 Å². The summed E-state index contributed by atoms with van der Waals surface area (Å²) < 4.78 is 35.9. The summed E-state index contributed by atoms with van der Waals surface area (Å²) in [5.41, 5.74) is 0.604. The van der Waals surface area contributed by atoms with Crippen LogP contribution in [0.4, 0.5) is 8.78 Å². The average molecular weight is 524 g/mol. The monoisotopic (exact) mass is 523 g/mol. The first-order valence-corrected chi connectivity index (χ1v) is 10.8. The molecule has 0 aliphatic heterocycles. The van der Waals surface area contributed by atoms with E-state index in [1.165, 1.54) is 34.2 Å². The molecular formula is C16H9BrF2INO2S. The summed E-state index contributed by atoms with van der Waals surface area (Å²) in [7, 11) is 1.42. The van der Waals surface area contributed by atoms with E-state index in [-0.39, 0.29) is 17.1 Å². The maximum Gasteiger partial charge on any atom is 0.177 e. The molecule has 0 radical (unpaired) electrons. The summed E-state index contributed by atoms with van der Waals surface area (Å²) in [4.78, 5) is 11.4. The van der Waals surface area contributed by atoms with Crippen LogP contribution in [0.3, 0.4) is 0 Å². The van der Waals surface area contributed by atoms with Crippen molar-refractivity contribution in [3.05, 3.63) is 58.2 Å². The summed E-state index contributed by atoms with van der Waals surface area (Å²) in [5.74, 6) is -1.46. The average Bonchev–Trinajstić information content (AvgIpc) is 2.95. The van der Waals surface area contributed by atoms with Crippen molar-refractivity contribution in [3.8, 4) is 11.5 Å². The topological polar surface area (TPSA) is 31.2 Å². The highest BCUT2D eigenvalue weighted by Crippen LogP contribution is 2.40.